The molecule has 0 radical (unpaired) electrons. The number of rotatable bonds is 7. The predicted molar refractivity (Wildman–Crippen MR) is 98.0 cm³/mol. The molecule has 1 aliphatic rings. The standard InChI is InChI=1S/C17H15Cl2O8P.Na/c1-23-28(21,22)17(10-2-4-14-15(6-10)26-9-25-14)27-16(20)8-24-13-5-3-11(18)7-12(13)19;/h2-7,17H,8-9H2,1H3,(H,21,22);/q;+1/p-1. The Bertz CT molecular complexity index is 942. The molecule has 2 aromatic rings. The first-order valence-corrected chi connectivity index (χ1v) is 10.2. The van der Waals surface area contributed by atoms with Crippen LogP contribution in [0.25, 0.3) is 0 Å². The fourth-order valence-corrected chi connectivity index (χ4v) is 3.79. The molecule has 0 saturated heterocycles. The molecule has 0 saturated carbocycles. The van der Waals surface area contributed by atoms with Crippen LogP contribution in [0.4, 0.5) is 0 Å². The van der Waals surface area contributed by atoms with Crippen molar-refractivity contribution in [3.8, 4) is 17.2 Å². The van der Waals surface area contributed by atoms with Crippen molar-refractivity contribution in [2.45, 2.75) is 5.85 Å². The molecule has 150 valence electrons. The molecule has 8 nitrogen and oxygen atoms in total. The van der Waals surface area contributed by atoms with Crippen molar-refractivity contribution in [1.29, 1.82) is 0 Å². The van der Waals surface area contributed by atoms with Gasteiger partial charge in [-0.05, 0) is 30.3 Å². The molecule has 1 heterocycles. The Morgan fingerprint density at radius 1 is 1.21 bits per heavy atom. The van der Waals surface area contributed by atoms with Crippen LogP contribution in [-0.2, 0) is 18.6 Å². The second kappa shape index (κ2) is 10.4. The summed E-state index contributed by atoms with van der Waals surface area (Å²) in [6.07, 6.45) is 0. The molecule has 0 bridgehead atoms. The predicted octanol–water partition coefficient (Wildman–Crippen LogP) is 0.547. The Morgan fingerprint density at radius 2 is 1.93 bits per heavy atom. The van der Waals surface area contributed by atoms with E-state index in [1.165, 1.54) is 36.4 Å². The van der Waals surface area contributed by atoms with E-state index in [1.54, 1.807) is 0 Å². The minimum atomic E-state index is -4.58. The van der Waals surface area contributed by atoms with Crippen molar-refractivity contribution < 1.29 is 67.3 Å². The van der Waals surface area contributed by atoms with Gasteiger partial charge in [0.1, 0.15) is 5.75 Å². The van der Waals surface area contributed by atoms with Crippen LogP contribution in [0.1, 0.15) is 11.4 Å². The molecule has 2 unspecified atom stereocenters. The number of halogens is 2. The Balaban J connectivity index is 0.00000300. The van der Waals surface area contributed by atoms with Crippen molar-refractivity contribution in [1.82, 2.24) is 0 Å². The maximum atomic E-state index is 12.3. The second-order valence-corrected chi connectivity index (χ2v) is 8.30. The summed E-state index contributed by atoms with van der Waals surface area (Å²) in [6, 6.07) is 8.79. The van der Waals surface area contributed by atoms with Gasteiger partial charge in [0.15, 0.2) is 31.5 Å². The molecule has 0 amide bonds. The molecule has 0 aliphatic carbocycles. The third-order valence-electron chi connectivity index (χ3n) is 3.71. The molecule has 0 spiro atoms. The van der Waals surface area contributed by atoms with E-state index in [-0.39, 0.29) is 52.7 Å². The van der Waals surface area contributed by atoms with Gasteiger partial charge in [-0.1, -0.05) is 29.3 Å². The summed E-state index contributed by atoms with van der Waals surface area (Å²) in [5, 5.41) is 0.592. The zero-order valence-corrected chi connectivity index (χ0v) is 19.8. The number of esters is 1. The minimum absolute atomic E-state index is 0. The van der Waals surface area contributed by atoms with Crippen LogP contribution < -0.4 is 48.7 Å². The number of hydrogen-bond acceptors (Lipinski definition) is 8. The van der Waals surface area contributed by atoms with E-state index < -0.39 is 26.0 Å². The van der Waals surface area contributed by atoms with E-state index in [4.69, 9.17) is 42.1 Å². The van der Waals surface area contributed by atoms with Crippen LogP contribution in [0, 0.1) is 0 Å². The van der Waals surface area contributed by atoms with Gasteiger partial charge < -0.3 is 32.9 Å². The number of hydrogen-bond donors (Lipinski definition) is 0. The van der Waals surface area contributed by atoms with Gasteiger partial charge in [0, 0.05) is 17.7 Å². The van der Waals surface area contributed by atoms with Crippen LogP contribution in [-0.4, -0.2) is 26.5 Å². The molecular formula is C17H14Cl2NaO8P. The van der Waals surface area contributed by atoms with Crippen LogP contribution in [0.2, 0.25) is 10.0 Å². The summed E-state index contributed by atoms with van der Waals surface area (Å²) >= 11 is 11.8. The SMILES string of the molecule is COP(=O)([O-])C(OC(=O)COc1ccc(Cl)cc1Cl)c1ccc2c(c1)OCO2.[Na+]. The van der Waals surface area contributed by atoms with Crippen molar-refractivity contribution in [3.63, 3.8) is 0 Å². The maximum absolute atomic E-state index is 12.3. The molecule has 3 rings (SSSR count). The van der Waals surface area contributed by atoms with E-state index in [9.17, 15) is 14.3 Å². The number of benzene rings is 2. The Morgan fingerprint density at radius 3 is 2.62 bits per heavy atom. The van der Waals surface area contributed by atoms with Crippen LogP contribution in [0.5, 0.6) is 17.2 Å². The first-order valence-electron chi connectivity index (χ1n) is 7.83. The van der Waals surface area contributed by atoms with Gasteiger partial charge in [0.2, 0.25) is 6.79 Å². The van der Waals surface area contributed by atoms with Crippen LogP contribution >= 0.6 is 30.8 Å². The Labute approximate surface area is 198 Å². The van der Waals surface area contributed by atoms with Crippen molar-refractivity contribution in [3.05, 3.63) is 52.0 Å². The monoisotopic (exact) mass is 470 g/mol. The van der Waals surface area contributed by atoms with Gasteiger partial charge in [-0.3, -0.25) is 0 Å². The zero-order valence-electron chi connectivity index (χ0n) is 15.4. The molecule has 2 aromatic carbocycles. The van der Waals surface area contributed by atoms with Crippen LogP contribution in [0.3, 0.4) is 0 Å². The van der Waals surface area contributed by atoms with Crippen molar-refractivity contribution >= 4 is 36.8 Å². The fourth-order valence-electron chi connectivity index (χ4n) is 2.37. The summed E-state index contributed by atoms with van der Waals surface area (Å²) in [4.78, 5) is 24.5. The second-order valence-electron chi connectivity index (χ2n) is 5.54. The largest absolute Gasteiger partial charge is 1.00 e. The molecule has 0 aromatic heterocycles. The van der Waals surface area contributed by atoms with E-state index >= 15 is 0 Å². The van der Waals surface area contributed by atoms with E-state index in [1.807, 2.05) is 0 Å². The first-order chi connectivity index (χ1) is 13.3. The van der Waals surface area contributed by atoms with Gasteiger partial charge in [0.25, 0.3) is 0 Å². The summed E-state index contributed by atoms with van der Waals surface area (Å²) < 4.78 is 37.6. The van der Waals surface area contributed by atoms with Gasteiger partial charge in [-0.25, -0.2) is 4.79 Å². The van der Waals surface area contributed by atoms with E-state index in [0.29, 0.717) is 16.5 Å². The molecule has 0 N–H and O–H groups in total. The summed E-state index contributed by atoms with van der Waals surface area (Å²) in [6.45, 7) is -0.565. The van der Waals surface area contributed by atoms with Crippen molar-refractivity contribution in [2.24, 2.45) is 0 Å². The number of carbonyl (C=O) groups is 1. The average Bonchev–Trinajstić information content (AvgIpc) is 3.13. The van der Waals surface area contributed by atoms with E-state index in [2.05, 4.69) is 4.52 Å². The van der Waals surface area contributed by atoms with Gasteiger partial charge in [0.05, 0.1) is 5.02 Å². The minimum Gasteiger partial charge on any atom is -0.776 e. The number of ether oxygens (including phenoxy) is 4. The zero-order chi connectivity index (χ0) is 20.3. The summed E-state index contributed by atoms with van der Waals surface area (Å²) in [5.41, 5.74) is 0.141. The molecule has 2 atom stereocenters. The summed E-state index contributed by atoms with van der Waals surface area (Å²) in [5.74, 6) is -1.66. The molecule has 0 fully saturated rings. The third kappa shape index (κ3) is 6.03. The fraction of sp³-hybridized carbons (Fsp3) is 0.235. The Kier molecular flexibility index (Phi) is 8.70. The topological polar surface area (TPSA) is 103 Å². The quantitative estimate of drug-likeness (QED) is 0.328. The average molecular weight is 471 g/mol. The van der Waals surface area contributed by atoms with Crippen LogP contribution in [0.15, 0.2) is 36.4 Å². The smallest absolute Gasteiger partial charge is 0.776 e. The molecule has 12 heteroatoms. The molecule has 29 heavy (non-hydrogen) atoms. The van der Waals surface area contributed by atoms with Gasteiger partial charge in [-0.15, -0.1) is 0 Å². The molecular weight excluding hydrogens is 457 g/mol. The third-order valence-corrected chi connectivity index (χ3v) is 5.72. The molecule has 1 aliphatic heterocycles. The first kappa shape index (κ1) is 24.3. The number of carbonyl (C=O) groups excluding carboxylic acids is 1. The Hall–Kier alpha value is -0.960. The van der Waals surface area contributed by atoms with Gasteiger partial charge >= 0.3 is 35.5 Å². The number of fused-ring (bicyclic) bond motifs is 1. The van der Waals surface area contributed by atoms with E-state index in [0.717, 1.165) is 7.11 Å². The van der Waals surface area contributed by atoms with Gasteiger partial charge in [-0.2, -0.15) is 0 Å². The maximum Gasteiger partial charge on any atom is 1.00 e. The normalized spacial score (nSPS) is 15.0. The summed E-state index contributed by atoms with van der Waals surface area (Å²) in [7, 11) is -3.61. The van der Waals surface area contributed by atoms with Crippen molar-refractivity contribution in [2.75, 3.05) is 20.5 Å².